The molecule has 0 amide bonds. The molecule has 1 aliphatic carbocycles. The number of ether oxygens (including phenoxy) is 2. The van der Waals surface area contributed by atoms with E-state index in [1.165, 1.54) is 17.4 Å². The van der Waals surface area contributed by atoms with Crippen LogP contribution in [0.2, 0.25) is 0 Å². The van der Waals surface area contributed by atoms with Gasteiger partial charge in [-0.3, -0.25) is 0 Å². The largest absolute Gasteiger partial charge is 0.462 e. The maximum absolute atomic E-state index is 12.6. The van der Waals surface area contributed by atoms with E-state index in [1.807, 2.05) is 0 Å². The van der Waals surface area contributed by atoms with Crippen molar-refractivity contribution < 1.29 is 23.0 Å². The SMILES string of the molecule is CCOC(=O)c1c(NC(=S)Nc2ccccc2OC(F)F)sc2c1CCCCC2. The van der Waals surface area contributed by atoms with Crippen LogP contribution in [0.4, 0.5) is 19.5 Å². The predicted octanol–water partition coefficient (Wildman–Crippen LogP) is 5.60. The number of alkyl halides is 2. The van der Waals surface area contributed by atoms with Gasteiger partial charge in [-0.05, 0) is 62.5 Å². The summed E-state index contributed by atoms with van der Waals surface area (Å²) in [5.41, 5.74) is 1.86. The third kappa shape index (κ3) is 5.42. The van der Waals surface area contributed by atoms with Crippen molar-refractivity contribution in [3.8, 4) is 5.75 Å². The van der Waals surface area contributed by atoms with Crippen LogP contribution in [0, 0.1) is 0 Å². The van der Waals surface area contributed by atoms with Crippen LogP contribution in [0.25, 0.3) is 0 Å². The molecule has 0 atom stereocenters. The highest BCUT2D eigenvalue weighted by Crippen LogP contribution is 2.38. The smallest absolute Gasteiger partial charge is 0.387 e. The Morgan fingerprint density at radius 2 is 1.97 bits per heavy atom. The lowest BCUT2D eigenvalue weighted by atomic mass is 10.1. The third-order valence-electron chi connectivity index (χ3n) is 4.48. The van der Waals surface area contributed by atoms with Crippen LogP contribution in [0.5, 0.6) is 5.75 Å². The summed E-state index contributed by atoms with van der Waals surface area (Å²) in [5.74, 6) is -0.391. The van der Waals surface area contributed by atoms with E-state index in [0.29, 0.717) is 16.3 Å². The molecule has 0 saturated carbocycles. The van der Waals surface area contributed by atoms with E-state index in [9.17, 15) is 13.6 Å². The van der Waals surface area contributed by atoms with Gasteiger partial charge >= 0.3 is 12.6 Å². The topological polar surface area (TPSA) is 59.6 Å². The van der Waals surface area contributed by atoms with Gasteiger partial charge in [-0.25, -0.2) is 4.79 Å². The number of thiocarbonyl (C=S) groups is 1. The Balaban J connectivity index is 1.83. The highest BCUT2D eigenvalue weighted by atomic mass is 32.1. The number of halogens is 2. The molecule has 0 radical (unpaired) electrons. The number of carbonyl (C=O) groups is 1. The van der Waals surface area contributed by atoms with Crippen LogP contribution < -0.4 is 15.4 Å². The summed E-state index contributed by atoms with van der Waals surface area (Å²) in [6, 6.07) is 6.28. The van der Waals surface area contributed by atoms with Crippen LogP contribution in [0.3, 0.4) is 0 Å². The Labute approximate surface area is 177 Å². The lowest BCUT2D eigenvalue weighted by Gasteiger charge is -2.14. The van der Waals surface area contributed by atoms with Crippen LogP contribution in [-0.4, -0.2) is 24.3 Å². The van der Waals surface area contributed by atoms with Crippen LogP contribution in [-0.2, 0) is 17.6 Å². The first-order valence-corrected chi connectivity index (χ1v) is 10.7. The van der Waals surface area contributed by atoms with Gasteiger partial charge < -0.3 is 20.1 Å². The van der Waals surface area contributed by atoms with Gasteiger partial charge in [-0.15, -0.1) is 11.3 Å². The van der Waals surface area contributed by atoms with E-state index in [0.717, 1.165) is 42.5 Å². The molecule has 1 aromatic heterocycles. The van der Waals surface area contributed by atoms with Crippen molar-refractivity contribution in [2.24, 2.45) is 0 Å². The molecule has 3 rings (SSSR count). The third-order valence-corrected chi connectivity index (χ3v) is 5.89. The zero-order valence-corrected chi connectivity index (χ0v) is 17.6. The predicted molar refractivity (Wildman–Crippen MR) is 114 cm³/mol. The van der Waals surface area contributed by atoms with E-state index in [-0.39, 0.29) is 23.4 Å². The second kappa shape index (κ2) is 9.98. The van der Waals surface area contributed by atoms with Crippen molar-refractivity contribution >= 4 is 45.3 Å². The first-order valence-electron chi connectivity index (χ1n) is 9.43. The fourth-order valence-electron chi connectivity index (χ4n) is 3.28. The maximum Gasteiger partial charge on any atom is 0.387 e. The summed E-state index contributed by atoms with van der Waals surface area (Å²) in [4.78, 5) is 13.8. The van der Waals surface area contributed by atoms with Crippen molar-refractivity contribution in [2.45, 2.75) is 45.6 Å². The van der Waals surface area contributed by atoms with Gasteiger partial charge in [0.25, 0.3) is 0 Å². The van der Waals surface area contributed by atoms with Crippen molar-refractivity contribution in [1.29, 1.82) is 0 Å². The molecular weight excluding hydrogens is 418 g/mol. The number of hydrogen-bond donors (Lipinski definition) is 2. The van der Waals surface area contributed by atoms with Gasteiger partial charge in [0, 0.05) is 4.88 Å². The summed E-state index contributed by atoms with van der Waals surface area (Å²) < 4.78 is 35.0. The zero-order valence-electron chi connectivity index (χ0n) is 15.9. The maximum atomic E-state index is 12.6. The minimum atomic E-state index is -2.94. The summed E-state index contributed by atoms with van der Waals surface area (Å²) in [6.45, 7) is -0.894. The van der Waals surface area contributed by atoms with Gasteiger partial charge in [0.1, 0.15) is 10.8 Å². The number of esters is 1. The zero-order chi connectivity index (χ0) is 20.8. The molecule has 1 aromatic carbocycles. The summed E-state index contributed by atoms with van der Waals surface area (Å²) >= 11 is 6.85. The average Bonchev–Trinajstić information content (AvgIpc) is 2.83. The van der Waals surface area contributed by atoms with Crippen LogP contribution in [0.15, 0.2) is 24.3 Å². The molecule has 2 aromatic rings. The van der Waals surface area contributed by atoms with E-state index >= 15 is 0 Å². The van der Waals surface area contributed by atoms with Crippen molar-refractivity contribution in [3.63, 3.8) is 0 Å². The first-order chi connectivity index (χ1) is 14.0. The second-order valence-electron chi connectivity index (χ2n) is 6.44. The summed E-state index contributed by atoms with van der Waals surface area (Å²) in [5, 5.41) is 6.71. The van der Waals surface area contributed by atoms with E-state index in [2.05, 4.69) is 15.4 Å². The molecule has 29 heavy (non-hydrogen) atoms. The molecule has 2 N–H and O–H groups in total. The van der Waals surface area contributed by atoms with Gasteiger partial charge in [-0.2, -0.15) is 8.78 Å². The normalized spacial score (nSPS) is 13.4. The van der Waals surface area contributed by atoms with Gasteiger partial charge in [-0.1, -0.05) is 18.6 Å². The van der Waals surface area contributed by atoms with E-state index in [4.69, 9.17) is 17.0 Å². The number of fused-ring (bicyclic) bond motifs is 1. The minimum Gasteiger partial charge on any atom is -0.462 e. The number of rotatable bonds is 6. The number of hydrogen-bond acceptors (Lipinski definition) is 5. The number of nitrogens with one attached hydrogen (secondary N) is 2. The minimum absolute atomic E-state index is 0.0146. The molecule has 1 heterocycles. The standard InChI is InChI=1S/C20H22F2N2O3S2/c1-2-26-18(25)16-12-8-4-3-5-11-15(12)29-17(16)24-20(28)23-13-9-6-7-10-14(13)27-19(21)22/h6-7,9-10,19H,2-5,8,11H2,1H3,(H2,23,24,28). The molecule has 0 fully saturated rings. The molecule has 9 heteroatoms. The Morgan fingerprint density at radius 1 is 1.21 bits per heavy atom. The molecule has 0 unspecified atom stereocenters. The molecule has 5 nitrogen and oxygen atoms in total. The average molecular weight is 441 g/mol. The fraction of sp³-hybridized carbons (Fsp3) is 0.400. The fourth-order valence-corrected chi connectivity index (χ4v) is 4.83. The summed E-state index contributed by atoms with van der Waals surface area (Å²) in [7, 11) is 0. The van der Waals surface area contributed by atoms with Gasteiger partial charge in [0.05, 0.1) is 17.9 Å². The lowest BCUT2D eigenvalue weighted by Crippen LogP contribution is -2.21. The monoisotopic (exact) mass is 440 g/mol. The number of aryl methyl sites for hydroxylation is 1. The lowest BCUT2D eigenvalue weighted by molar-refractivity contribution is -0.0493. The Bertz CT molecular complexity index is 887. The second-order valence-corrected chi connectivity index (χ2v) is 7.96. The number of thiophene rings is 1. The molecule has 0 saturated heterocycles. The van der Waals surface area contributed by atoms with E-state index < -0.39 is 6.61 Å². The number of para-hydroxylation sites is 2. The summed E-state index contributed by atoms with van der Waals surface area (Å²) in [6.07, 6.45) is 4.98. The highest BCUT2D eigenvalue weighted by molar-refractivity contribution is 7.80. The quantitative estimate of drug-likeness (QED) is 0.346. The van der Waals surface area contributed by atoms with Gasteiger partial charge in [0.2, 0.25) is 0 Å². The number of carbonyl (C=O) groups excluding carboxylic acids is 1. The number of anilines is 2. The Morgan fingerprint density at radius 3 is 2.72 bits per heavy atom. The Hall–Kier alpha value is -2.26. The van der Waals surface area contributed by atoms with Crippen LogP contribution >= 0.6 is 23.6 Å². The first kappa shape index (κ1) is 21.4. The van der Waals surface area contributed by atoms with Gasteiger partial charge in [0.15, 0.2) is 5.11 Å². The van der Waals surface area contributed by atoms with Crippen molar-refractivity contribution in [1.82, 2.24) is 0 Å². The highest BCUT2D eigenvalue weighted by Gasteiger charge is 2.26. The molecular formula is C20H22F2N2O3S2. The molecule has 156 valence electrons. The van der Waals surface area contributed by atoms with Crippen molar-refractivity contribution in [3.05, 3.63) is 40.3 Å². The van der Waals surface area contributed by atoms with Crippen LogP contribution in [0.1, 0.15) is 47.0 Å². The van der Waals surface area contributed by atoms with Crippen molar-refractivity contribution in [2.75, 3.05) is 17.2 Å². The Kier molecular flexibility index (Phi) is 7.38. The molecule has 0 spiro atoms. The number of benzene rings is 1. The molecule has 0 bridgehead atoms. The van der Waals surface area contributed by atoms with E-state index in [1.54, 1.807) is 25.1 Å². The molecule has 1 aliphatic rings. The molecule has 0 aliphatic heterocycles.